The van der Waals surface area contributed by atoms with Gasteiger partial charge in [0.15, 0.2) is 0 Å². The van der Waals surface area contributed by atoms with E-state index in [2.05, 4.69) is 0 Å². The molecule has 0 amide bonds. The highest BCUT2D eigenvalue weighted by molar-refractivity contribution is 5.74. The number of carbonyl (C=O) groups excluding carboxylic acids is 1. The Labute approximate surface area is 140 Å². The molecule has 2 aromatic carbocycles. The van der Waals surface area contributed by atoms with Gasteiger partial charge in [0.05, 0.1) is 6.54 Å². The van der Waals surface area contributed by atoms with Crippen molar-refractivity contribution in [1.82, 2.24) is 4.57 Å². The zero-order valence-electron chi connectivity index (χ0n) is 13.6. The van der Waals surface area contributed by atoms with Gasteiger partial charge in [-0.25, -0.2) is 4.39 Å². The van der Waals surface area contributed by atoms with Gasteiger partial charge in [0.25, 0.3) is 6.47 Å². The van der Waals surface area contributed by atoms with Crippen molar-refractivity contribution in [2.45, 2.75) is 20.4 Å². The summed E-state index contributed by atoms with van der Waals surface area (Å²) in [5, 5.41) is 0. The summed E-state index contributed by atoms with van der Waals surface area (Å²) in [6.07, 6.45) is 1.94. The first kappa shape index (κ1) is 16.0. The van der Waals surface area contributed by atoms with Gasteiger partial charge in [-0.3, -0.25) is 4.79 Å². The molecule has 122 valence electrons. The van der Waals surface area contributed by atoms with Crippen LogP contribution >= 0.6 is 0 Å². The van der Waals surface area contributed by atoms with E-state index in [1.54, 1.807) is 12.1 Å². The number of nitrogens with zero attached hydrogens (tertiary/aromatic N) is 1. The molecule has 0 saturated heterocycles. The number of ether oxygens (including phenoxy) is 1. The van der Waals surface area contributed by atoms with Crippen LogP contribution in [0.1, 0.15) is 16.7 Å². The SMILES string of the molecule is Cc1ccc(-c2c(C)cn(Cc3ccc(F)cc3)c2OC=O)cc1. The lowest BCUT2D eigenvalue weighted by Crippen LogP contribution is -2.03. The third-order valence-electron chi connectivity index (χ3n) is 3.98. The highest BCUT2D eigenvalue weighted by atomic mass is 19.1. The van der Waals surface area contributed by atoms with Crippen molar-refractivity contribution in [3.8, 4) is 17.0 Å². The molecule has 0 aliphatic carbocycles. The van der Waals surface area contributed by atoms with E-state index in [1.807, 2.05) is 48.9 Å². The smallest absolute Gasteiger partial charge is 0.299 e. The van der Waals surface area contributed by atoms with Crippen LogP contribution in [0.2, 0.25) is 0 Å². The topological polar surface area (TPSA) is 31.2 Å². The molecule has 0 aliphatic heterocycles. The van der Waals surface area contributed by atoms with Gasteiger partial charge in [0, 0.05) is 11.8 Å². The fourth-order valence-electron chi connectivity index (χ4n) is 2.82. The predicted octanol–water partition coefficient (Wildman–Crippen LogP) is 4.49. The molecule has 3 aromatic rings. The lowest BCUT2D eigenvalue weighted by atomic mass is 10.0. The number of aromatic nitrogens is 1. The Kier molecular flexibility index (Phi) is 4.47. The number of hydrogen-bond acceptors (Lipinski definition) is 2. The summed E-state index contributed by atoms with van der Waals surface area (Å²) in [5.74, 6) is 0.225. The van der Waals surface area contributed by atoms with Crippen LogP contribution in [0, 0.1) is 19.7 Å². The molecule has 0 fully saturated rings. The number of aryl methyl sites for hydroxylation is 2. The molecule has 24 heavy (non-hydrogen) atoms. The van der Waals surface area contributed by atoms with Gasteiger partial charge in [-0.05, 0) is 42.7 Å². The Bertz CT molecular complexity index is 849. The lowest BCUT2D eigenvalue weighted by Gasteiger charge is -2.10. The molecule has 3 nitrogen and oxygen atoms in total. The summed E-state index contributed by atoms with van der Waals surface area (Å²) < 4.78 is 20.2. The third kappa shape index (κ3) is 3.23. The molecule has 0 spiro atoms. The van der Waals surface area contributed by atoms with Gasteiger partial charge < -0.3 is 9.30 Å². The lowest BCUT2D eigenvalue weighted by molar-refractivity contribution is -0.121. The quantitative estimate of drug-likeness (QED) is 0.648. The van der Waals surface area contributed by atoms with Crippen LogP contribution in [0.25, 0.3) is 11.1 Å². The average molecular weight is 323 g/mol. The number of halogens is 1. The minimum absolute atomic E-state index is 0.271. The summed E-state index contributed by atoms with van der Waals surface area (Å²) >= 11 is 0. The van der Waals surface area contributed by atoms with Gasteiger partial charge >= 0.3 is 0 Å². The molecule has 0 unspecified atom stereocenters. The van der Waals surface area contributed by atoms with Gasteiger partial charge in [-0.2, -0.15) is 0 Å². The number of carbonyl (C=O) groups is 1. The number of hydrogen-bond donors (Lipinski definition) is 0. The van der Waals surface area contributed by atoms with E-state index in [-0.39, 0.29) is 5.82 Å². The van der Waals surface area contributed by atoms with Crippen molar-refractivity contribution in [3.05, 3.63) is 77.2 Å². The molecule has 0 aliphatic rings. The first-order valence-corrected chi connectivity index (χ1v) is 7.70. The van der Waals surface area contributed by atoms with E-state index in [1.165, 1.54) is 17.7 Å². The van der Waals surface area contributed by atoms with Crippen molar-refractivity contribution < 1.29 is 13.9 Å². The molecule has 3 rings (SSSR count). The highest BCUT2D eigenvalue weighted by Gasteiger charge is 2.17. The zero-order chi connectivity index (χ0) is 17.1. The first-order chi connectivity index (χ1) is 11.6. The molecule has 0 atom stereocenters. The Morgan fingerprint density at radius 2 is 1.71 bits per heavy atom. The molecule has 1 heterocycles. The van der Waals surface area contributed by atoms with Crippen molar-refractivity contribution in [1.29, 1.82) is 0 Å². The van der Waals surface area contributed by atoms with Gasteiger partial charge in [-0.15, -0.1) is 0 Å². The maximum atomic E-state index is 13.1. The van der Waals surface area contributed by atoms with E-state index >= 15 is 0 Å². The highest BCUT2D eigenvalue weighted by Crippen LogP contribution is 2.35. The van der Waals surface area contributed by atoms with E-state index in [9.17, 15) is 9.18 Å². The van der Waals surface area contributed by atoms with E-state index in [0.717, 1.165) is 22.3 Å². The van der Waals surface area contributed by atoms with Crippen molar-refractivity contribution in [2.75, 3.05) is 0 Å². The Morgan fingerprint density at radius 3 is 2.33 bits per heavy atom. The van der Waals surface area contributed by atoms with Crippen LogP contribution in [-0.4, -0.2) is 11.0 Å². The van der Waals surface area contributed by atoms with Crippen LogP contribution in [-0.2, 0) is 11.3 Å². The normalized spacial score (nSPS) is 10.6. The minimum atomic E-state index is -0.271. The fraction of sp³-hybridized carbons (Fsp3) is 0.150. The molecule has 0 bridgehead atoms. The zero-order valence-corrected chi connectivity index (χ0v) is 13.6. The van der Waals surface area contributed by atoms with Crippen LogP contribution in [0.15, 0.2) is 54.7 Å². The van der Waals surface area contributed by atoms with Crippen LogP contribution < -0.4 is 4.74 Å². The third-order valence-corrected chi connectivity index (χ3v) is 3.98. The van der Waals surface area contributed by atoms with Crippen molar-refractivity contribution >= 4 is 6.47 Å². The van der Waals surface area contributed by atoms with Crippen LogP contribution in [0.5, 0.6) is 5.88 Å². The van der Waals surface area contributed by atoms with Crippen molar-refractivity contribution in [3.63, 3.8) is 0 Å². The fourth-order valence-corrected chi connectivity index (χ4v) is 2.82. The molecule has 0 saturated carbocycles. The van der Waals surface area contributed by atoms with Crippen LogP contribution in [0.4, 0.5) is 4.39 Å². The summed E-state index contributed by atoms with van der Waals surface area (Å²) in [7, 11) is 0. The maximum absolute atomic E-state index is 13.1. The molecule has 1 aromatic heterocycles. The van der Waals surface area contributed by atoms with E-state index < -0.39 is 0 Å². The Hall–Kier alpha value is -2.88. The largest absolute Gasteiger partial charge is 0.411 e. The minimum Gasteiger partial charge on any atom is -0.411 e. The monoisotopic (exact) mass is 323 g/mol. The average Bonchev–Trinajstić information content (AvgIpc) is 2.86. The second-order valence-corrected chi connectivity index (χ2v) is 5.83. The van der Waals surface area contributed by atoms with Crippen LogP contribution in [0.3, 0.4) is 0 Å². The summed E-state index contributed by atoms with van der Waals surface area (Å²) in [4.78, 5) is 11.0. The maximum Gasteiger partial charge on any atom is 0.299 e. The van der Waals surface area contributed by atoms with E-state index in [0.29, 0.717) is 18.9 Å². The van der Waals surface area contributed by atoms with Gasteiger partial charge in [0.2, 0.25) is 5.88 Å². The number of benzene rings is 2. The second-order valence-electron chi connectivity index (χ2n) is 5.83. The second kappa shape index (κ2) is 6.71. The van der Waals surface area contributed by atoms with Gasteiger partial charge in [0.1, 0.15) is 5.82 Å². The van der Waals surface area contributed by atoms with Crippen molar-refractivity contribution in [2.24, 2.45) is 0 Å². The summed E-state index contributed by atoms with van der Waals surface area (Å²) in [6.45, 7) is 4.94. The summed E-state index contributed by atoms with van der Waals surface area (Å²) in [5.41, 5.74) is 4.99. The molecular weight excluding hydrogens is 305 g/mol. The Morgan fingerprint density at radius 1 is 1.04 bits per heavy atom. The first-order valence-electron chi connectivity index (χ1n) is 7.70. The van der Waals surface area contributed by atoms with Gasteiger partial charge in [-0.1, -0.05) is 42.0 Å². The molecule has 4 heteroatoms. The summed E-state index contributed by atoms with van der Waals surface area (Å²) in [6, 6.07) is 14.4. The molecule has 0 N–H and O–H groups in total. The Balaban J connectivity index is 2.03. The number of rotatable bonds is 5. The molecule has 0 radical (unpaired) electrons. The predicted molar refractivity (Wildman–Crippen MR) is 91.5 cm³/mol. The van der Waals surface area contributed by atoms with E-state index in [4.69, 9.17) is 4.74 Å². The molecular formula is C20H18FNO2. The standard InChI is InChI=1S/C20H18FNO2/c1-14-3-7-17(8-4-14)19-15(2)11-22(20(19)24-13-23)12-16-5-9-18(21)10-6-16/h3-11,13H,12H2,1-2H3.